The van der Waals surface area contributed by atoms with E-state index in [9.17, 15) is 13.2 Å². The summed E-state index contributed by atoms with van der Waals surface area (Å²) >= 11 is 0. The summed E-state index contributed by atoms with van der Waals surface area (Å²) < 4.78 is 26.5. The van der Waals surface area contributed by atoms with Crippen molar-refractivity contribution in [1.29, 1.82) is 0 Å². The molecular formula is C17H19N3O3S. The summed E-state index contributed by atoms with van der Waals surface area (Å²) in [6, 6.07) is 17.9. The summed E-state index contributed by atoms with van der Waals surface area (Å²) in [5.74, 6) is -0.489. The Labute approximate surface area is 141 Å². The molecule has 0 saturated carbocycles. The molecule has 0 aliphatic carbocycles. The van der Waals surface area contributed by atoms with Gasteiger partial charge in [0.25, 0.3) is 0 Å². The molecule has 0 aromatic heterocycles. The van der Waals surface area contributed by atoms with E-state index in [1.54, 1.807) is 0 Å². The third-order valence-electron chi connectivity index (χ3n) is 3.79. The fourth-order valence-electron chi connectivity index (χ4n) is 2.54. The minimum absolute atomic E-state index is 0.122. The summed E-state index contributed by atoms with van der Waals surface area (Å²) in [5.41, 5.74) is 3.19. The van der Waals surface area contributed by atoms with E-state index in [1.165, 1.54) is 5.56 Å². The lowest BCUT2D eigenvalue weighted by Gasteiger charge is -2.12. The Morgan fingerprint density at radius 2 is 1.50 bits per heavy atom. The normalized spacial score (nSPS) is 16.9. The molecule has 1 amide bonds. The molecule has 24 heavy (non-hydrogen) atoms. The lowest BCUT2D eigenvalue weighted by Crippen LogP contribution is -2.29. The molecule has 3 rings (SSSR count). The Hall–Kier alpha value is -2.22. The van der Waals surface area contributed by atoms with E-state index < -0.39 is 16.1 Å². The van der Waals surface area contributed by atoms with Crippen LogP contribution >= 0.6 is 0 Å². The number of hydrogen-bond acceptors (Lipinski definition) is 4. The molecule has 2 aromatic rings. The topological polar surface area (TPSA) is 78.5 Å². The molecule has 0 atom stereocenters. The van der Waals surface area contributed by atoms with Gasteiger partial charge in [0.05, 0.1) is 6.54 Å². The second kappa shape index (κ2) is 7.12. The zero-order valence-corrected chi connectivity index (χ0v) is 13.9. The fourth-order valence-corrected chi connectivity index (χ4v) is 3.63. The van der Waals surface area contributed by atoms with Crippen molar-refractivity contribution < 1.29 is 13.2 Å². The van der Waals surface area contributed by atoms with Gasteiger partial charge in [0.1, 0.15) is 0 Å². The standard InChI is InChI=1S/C17H19N3O3S/c21-17-13-20(24(22,23)19-17)12-16-8-6-15(7-9-16)11-18-10-14-4-2-1-3-5-14/h1-9,18H,10-13H2,(H,19,21). The third-order valence-corrected chi connectivity index (χ3v) is 5.21. The molecule has 2 aromatic carbocycles. The monoisotopic (exact) mass is 345 g/mol. The molecule has 0 spiro atoms. The number of amides is 1. The first kappa shape index (κ1) is 16.6. The van der Waals surface area contributed by atoms with Crippen molar-refractivity contribution in [1.82, 2.24) is 14.3 Å². The van der Waals surface area contributed by atoms with Crippen molar-refractivity contribution in [2.75, 3.05) is 6.54 Å². The highest BCUT2D eigenvalue weighted by Gasteiger charge is 2.33. The maximum absolute atomic E-state index is 11.7. The lowest BCUT2D eigenvalue weighted by molar-refractivity contribution is -0.118. The zero-order chi connectivity index (χ0) is 17.0. The van der Waals surface area contributed by atoms with Crippen LogP contribution in [0.1, 0.15) is 16.7 Å². The van der Waals surface area contributed by atoms with Crippen LogP contribution in [0.3, 0.4) is 0 Å². The summed E-state index contributed by atoms with van der Waals surface area (Å²) in [6.45, 7) is 1.60. The Morgan fingerprint density at radius 1 is 0.917 bits per heavy atom. The third kappa shape index (κ3) is 4.19. The largest absolute Gasteiger partial charge is 0.309 e. The minimum Gasteiger partial charge on any atom is -0.309 e. The van der Waals surface area contributed by atoms with Crippen LogP contribution in [0, 0.1) is 0 Å². The van der Waals surface area contributed by atoms with Crippen LogP contribution in [0.5, 0.6) is 0 Å². The number of rotatable bonds is 6. The molecule has 6 nitrogen and oxygen atoms in total. The van der Waals surface area contributed by atoms with E-state index >= 15 is 0 Å². The molecule has 1 aliphatic heterocycles. The molecular weight excluding hydrogens is 326 g/mol. The number of carbonyl (C=O) groups excluding carboxylic acids is 1. The van der Waals surface area contributed by atoms with Crippen LogP contribution in [0.2, 0.25) is 0 Å². The average molecular weight is 345 g/mol. The van der Waals surface area contributed by atoms with E-state index in [4.69, 9.17) is 0 Å². The van der Waals surface area contributed by atoms with Crippen molar-refractivity contribution in [2.45, 2.75) is 19.6 Å². The van der Waals surface area contributed by atoms with Gasteiger partial charge in [-0.1, -0.05) is 54.6 Å². The lowest BCUT2D eigenvalue weighted by atomic mass is 10.1. The van der Waals surface area contributed by atoms with Gasteiger partial charge >= 0.3 is 10.2 Å². The Balaban J connectivity index is 1.53. The molecule has 2 N–H and O–H groups in total. The highest BCUT2D eigenvalue weighted by molar-refractivity contribution is 7.88. The Kier molecular flexibility index (Phi) is 4.94. The first-order chi connectivity index (χ1) is 11.5. The Morgan fingerprint density at radius 3 is 2.08 bits per heavy atom. The SMILES string of the molecule is O=C1CN(Cc2ccc(CNCc3ccccc3)cc2)S(=O)(=O)N1. The molecule has 0 unspecified atom stereocenters. The van der Waals surface area contributed by atoms with Gasteiger partial charge in [-0.15, -0.1) is 0 Å². The van der Waals surface area contributed by atoms with Crippen molar-refractivity contribution in [3.63, 3.8) is 0 Å². The van der Waals surface area contributed by atoms with Crippen molar-refractivity contribution in [2.24, 2.45) is 0 Å². The van der Waals surface area contributed by atoms with Crippen molar-refractivity contribution in [3.8, 4) is 0 Å². The Bertz CT molecular complexity index is 805. The zero-order valence-electron chi connectivity index (χ0n) is 13.1. The van der Waals surface area contributed by atoms with Gasteiger partial charge in [-0.05, 0) is 16.7 Å². The second-order valence-electron chi connectivity index (χ2n) is 5.70. The van der Waals surface area contributed by atoms with Gasteiger partial charge in [-0.2, -0.15) is 12.7 Å². The van der Waals surface area contributed by atoms with E-state index in [0.717, 1.165) is 28.5 Å². The number of hydrogen-bond donors (Lipinski definition) is 2. The number of nitrogens with zero attached hydrogens (tertiary/aromatic N) is 1. The van der Waals surface area contributed by atoms with Crippen molar-refractivity contribution in [3.05, 3.63) is 71.3 Å². The highest BCUT2D eigenvalue weighted by Crippen LogP contribution is 2.13. The molecule has 1 fully saturated rings. The summed E-state index contributed by atoms with van der Waals surface area (Å²) in [6.07, 6.45) is 0. The van der Waals surface area contributed by atoms with Crippen LogP contribution in [-0.2, 0) is 34.6 Å². The number of nitrogens with one attached hydrogen (secondary N) is 2. The van der Waals surface area contributed by atoms with E-state index in [-0.39, 0.29) is 13.1 Å². The smallest absolute Gasteiger partial charge is 0.304 e. The van der Waals surface area contributed by atoms with Gasteiger partial charge < -0.3 is 5.32 Å². The molecule has 0 bridgehead atoms. The van der Waals surface area contributed by atoms with Crippen LogP contribution in [0.25, 0.3) is 0 Å². The molecule has 126 valence electrons. The number of carbonyl (C=O) groups is 1. The second-order valence-corrected chi connectivity index (χ2v) is 7.37. The minimum atomic E-state index is -3.67. The van der Waals surface area contributed by atoms with E-state index in [1.807, 2.05) is 47.2 Å². The van der Waals surface area contributed by atoms with Gasteiger partial charge in [-0.3, -0.25) is 4.79 Å². The summed E-state index contributed by atoms with van der Waals surface area (Å²) in [7, 11) is -3.67. The van der Waals surface area contributed by atoms with E-state index in [2.05, 4.69) is 17.4 Å². The average Bonchev–Trinajstić information content (AvgIpc) is 2.82. The van der Waals surface area contributed by atoms with Crippen molar-refractivity contribution >= 4 is 16.1 Å². The van der Waals surface area contributed by atoms with Crippen LogP contribution < -0.4 is 10.0 Å². The number of benzene rings is 2. The van der Waals surface area contributed by atoms with E-state index in [0.29, 0.717) is 0 Å². The quantitative estimate of drug-likeness (QED) is 0.823. The predicted molar refractivity (Wildman–Crippen MR) is 90.9 cm³/mol. The first-order valence-electron chi connectivity index (χ1n) is 7.66. The molecule has 7 heteroatoms. The molecule has 1 aliphatic rings. The molecule has 1 heterocycles. The highest BCUT2D eigenvalue weighted by atomic mass is 32.2. The van der Waals surface area contributed by atoms with Crippen LogP contribution in [0.4, 0.5) is 0 Å². The summed E-state index contributed by atoms with van der Waals surface area (Å²) in [5, 5.41) is 3.37. The maximum Gasteiger partial charge on any atom is 0.304 e. The molecule has 0 radical (unpaired) electrons. The maximum atomic E-state index is 11.7. The fraction of sp³-hybridized carbons (Fsp3) is 0.235. The van der Waals surface area contributed by atoms with Gasteiger partial charge in [0.2, 0.25) is 5.91 Å². The molecule has 1 saturated heterocycles. The first-order valence-corrected chi connectivity index (χ1v) is 9.10. The van der Waals surface area contributed by atoms with Gasteiger partial charge in [-0.25, -0.2) is 4.72 Å². The van der Waals surface area contributed by atoms with Gasteiger partial charge in [0, 0.05) is 19.6 Å². The van der Waals surface area contributed by atoms with Gasteiger partial charge in [0.15, 0.2) is 0 Å². The predicted octanol–water partition coefficient (Wildman–Crippen LogP) is 1.15. The summed E-state index contributed by atoms with van der Waals surface area (Å²) in [4.78, 5) is 11.2. The van der Waals surface area contributed by atoms with Crippen LogP contribution in [0.15, 0.2) is 54.6 Å². The van der Waals surface area contributed by atoms with Crippen LogP contribution in [-0.4, -0.2) is 25.2 Å².